The molecule has 1 fully saturated rings. The van der Waals surface area contributed by atoms with Gasteiger partial charge in [-0.1, -0.05) is 24.8 Å². The summed E-state index contributed by atoms with van der Waals surface area (Å²) in [5, 5.41) is 9.45. The molecule has 0 bridgehead atoms. The number of carboxylic acids is 1. The van der Waals surface area contributed by atoms with Gasteiger partial charge in [-0.2, -0.15) is 0 Å². The number of thioether (sulfide) groups is 1. The van der Waals surface area contributed by atoms with Crippen LogP contribution in [0.5, 0.6) is 0 Å². The number of imidazole rings is 1. The number of rotatable bonds is 6. The van der Waals surface area contributed by atoms with Gasteiger partial charge < -0.3 is 9.67 Å². The molecular weight excluding hydrogens is 291 g/mol. The van der Waals surface area contributed by atoms with Crippen LogP contribution >= 0.6 is 11.8 Å². The summed E-state index contributed by atoms with van der Waals surface area (Å²) >= 11 is 1.15. The number of aliphatic carboxylic acids is 1. The second-order valence-electron chi connectivity index (χ2n) is 5.62. The third-order valence-electron chi connectivity index (χ3n) is 4.22. The smallest absolute Gasteiger partial charge is 0.313 e. The molecule has 1 aromatic carbocycles. The average molecular weight is 308 g/mol. The Morgan fingerprint density at radius 3 is 2.90 bits per heavy atom. The maximum atomic E-state index is 13.9. The van der Waals surface area contributed by atoms with E-state index in [-0.39, 0.29) is 17.0 Å². The Bertz CT molecular complexity index is 694. The number of halogens is 1. The summed E-state index contributed by atoms with van der Waals surface area (Å²) in [4.78, 5) is 15.1. The third kappa shape index (κ3) is 2.77. The van der Waals surface area contributed by atoms with Gasteiger partial charge in [0.25, 0.3) is 0 Å². The van der Waals surface area contributed by atoms with Crippen LogP contribution in [0.25, 0.3) is 11.0 Å². The molecule has 112 valence electrons. The molecule has 21 heavy (non-hydrogen) atoms. The summed E-state index contributed by atoms with van der Waals surface area (Å²) in [5.74, 6) is -1.31. The average Bonchev–Trinajstić information content (AvgIpc) is 3.14. The minimum Gasteiger partial charge on any atom is -0.481 e. The fourth-order valence-electron chi connectivity index (χ4n) is 2.62. The summed E-state index contributed by atoms with van der Waals surface area (Å²) in [5.41, 5.74) is 1.36. The quantitative estimate of drug-likeness (QED) is 0.829. The number of benzene rings is 1. The predicted molar refractivity (Wildman–Crippen MR) is 80.0 cm³/mol. The highest BCUT2D eigenvalue weighted by molar-refractivity contribution is 7.99. The number of fused-ring (bicyclic) bond motifs is 1. The van der Waals surface area contributed by atoms with E-state index in [9.17, 15) is 9.18 Å². The topological polar surface area (TPSA) is 55.1 Å². The summed E-state index contributed by atoms with van der Waals surface area (Å²) in [6.07, 6.45) is 3.41. The lowest BCUT2D eigenvalue weighted by Gasteiger charge is -2.16. The van der Waals surface area contributed by atoms with Crippen molar-refractivity contribution in [3.8, 4) is 0 Å². The molecule has 1 aromatic heterocycles. The van der Waals surface area contributed by atoms with E-state index in [0.29, 0.717) is 10.7 Å². The molecule has 0 unspecified atom stereocenters. The minimum absolute atomic E-state index is 0.0654. The Morgan fingerprint density at radius 1 is 1.52 bits per heavy atom. The van der Waals surface area contributed by atoms with Gasteiger partial charge in [-0.15, -0.1) is 0 Å². The van der Waals surface area contributed by atoms with Gasteiger partial charge in [-0.05, 0) is 36.8 Å². The first-order valence-corrected chi connectivity index (χ1v) is 8.02. The third-order valence-corrected chi connectivity index (χ3v) is 5.18. The Kier molecular flexibility index (Phi) is 3.65. The van der Waals surface area contributed by atoms with E-state index in [4.69, 9.17) is 5.11 Å². The van der Waals surface area contributed by atoms with E-state index in [1.165, 1.54) is 18.9 Å². The second kappa shape index (κ2) is 5.33. The molecule has 0 spiro atoms. The van der Waals surface area contributed by atoms with Crippen LogP contribution in [0.3, 0.4) is 0 Å². The van der Waals surface area contributed by atoms with Crippen LogP contribution in [-0.4, -0.2) is 26.4 Å². The molecule has 1 heterocycles. The number of hydrogen-bond acceptors (Lipinski definition) is 3. The summed E-state index contributed by atoms with van der Waals surface area (Å²) in [7, 11) is 0. The van der Waals surface area contributed by atoms with Crippen LogP contribution < -0.4 is 0 Å². The summed E-state index contributed by atoms with van der Waals surface area (Å²) in [6, 6.07) is 4.91. The van der Waals surface area contributed by atoms with Gasteiger partial charge in [-0.3, -0.25) is 4.79 Å². The van der Waals surface area contributed by atoms with Crippen molar-refractivity contribution in [1.29, 1.82) is 0 Å². The predicted octanol–water partition coefficient (Wildman–Crippen LogP) is 3.54. The highest BCUT2D eigenvalue weighted by atomic mass is 32.2. The minimum atomic E-state index is -0.893. The zero-order chi connectivity index (χ0) is 15.0. The standard InChI is InChI=1S/C15H17FN2O2S/c1-2-15(6-7-15)9-18-11-5-3-4-10(16)13(11)17-14(18)21-8-12(19)20/h3-5H,2,6-9H2,1H3,(H,19,20). The number of carbonyl (C=O) groups is 1. The van der Waals surface area contributed by atoms with Crippen LogP contribution in [0.2, 0.25) is 0 Å². The van der Waals surface area contributed by atoms with Crippen LogP contribution in [0.15, 0.2) is 23.4 Å². The van der Waals surface area contributed by atoms with Crippen LogP contribution in [0.1, 0.15) is 26.2 Å². The molecule has 0 radical (unpaired) electrons. The van der Waals surface area contributed by atoms with E-state index in [2.05, 4.69) is 11.9 Å². The Balaban J connectivity index is 2.02. The van der Waals surface area contributed by atoms with E-state index >= 15 is 0 Å². The van der Waals surface area contributed by atoms with Gasteiger partial charge in [0, 0.05) is 6.54 Å². The molecule has 6 heteroatoms. The second-order valence-corrected chi connectivity index (χ2v) is 6.57. The molecule has 0 aliphatic heterocycles. The van der Waals surface area contributed by atoms with Crippen molar-refractivity contribution >= 4 is 28.8 Å². The SMILES string of the molecule is CCC1(Cn2c(SCC(=O)O)nc3c(F)cccc32)CC1. The first-order valence-electron chi connectivity index (χ1n) is 7.04. The Labute approximate surface area is 126 Å². The molecule has 1 aliphatic carbocycles. The zero-order valence-electron chi connectivity index (χ0n) is 11.8. The molecule has 4 nitrogen and oxygen atoms in total. The molecule has 0 amide bonds. The van der Waals surface area contributed by atoms with E-state index in [1.807, 2.05) is 10.6 Å². The Morgan fingerprint density at radius 2 is 2.29 bits per heavy atom. The first kappa shape index (κ1) is 14.4. The maximum Gasteiger partial charge on any atom is 0.313 e. The van der Waals surface area contributed by atoms with Crippen molar-refractivity contribution in [2.75, 3.05) is 5.75 Å². The molecule has 3 rings (SSSR count). The highest BCUT2D eigenvalue weighted by Crippen LogP contribution is 2.50. The number of para-hydroxylation sites is 1. The van der Waals surface area contributed by atoms with Crippen molar-refractivity contribution < 1.29 is 14.3 Å². The summed E-state index contributed by atoms with van der Waals surface area (Å²) in [6.45, 7) is 2.95. The van der Waals surface area contributed by atoms with Crippen LogP contribution in [0.4, 0.5) is 4.39 Å². The molecule has 1 N–H and O–H groups in total. The fraction of sp³-hybridized carbons (Fsp3) is 0.467. The zero-order valence-corrected chi connectivity index (χ0v) is 12.6. The van der Waals surface area contributed by atoms with Crippen molar-refractivity contribution in [3.63, 3.8) is 0 Å². The number of carboxylic acid groups (broad SMARTS) is 1. The summed E-state index contributed by atoms with van der Waals surface area (Å²) < 4.78 is 15.9. The number of nitrogens with zero attached hydrogens (tertiary/aromatic N) is 2. The van der Waals surface area contributed by atoms with Crippen LogP contribution in [0, 0.1) is 11.2 Å². The number of hydrogen-bond donors (Lipinski definition) is 1. The number of aromatic nitrogens is 2. The molecule has 1 saturated carbocycles. The lowest BCUT2D eigenvalue weighted by atomic mass is 10.0. The van der Waals surface area contributed by atoms with Gasteiger partial charge in [0.1, 0.15) is 5.52 Å². The fourth-order valence-corrected chi connectivity index (χ4v) is 3.34. The molecular formula is C15H17FN2O2S. The monoisotopic (exact) mass is 308 g/mol. The van der Waals surface area contributed by atoms with Gasteiger partial charge in [0.05, 0.1) is 11.3 Å². The van der Waals surface area contributed by atoms with Crippen molar-refractivity contribution in [2.45, 2.75) is 37.9 Å². The van der Waals surface area contributed by atoms with E-state index in [0.717, 1.165) is 30.2 Å². The Hall–Kier alpha value is -1.56. The normalized spacial score (nSPS) is 16.3. The van der Waals surface area contributed by atoms with Gasteiger partial charge >= 0.3 is 5.97 Å². The van der Waals surface area contributed by atoms with Crippen molar-refractivity contribution in [2.24, 2.45) is 5.41 Å². The molecule has 1 aliphatic rings. The molecule has 0 atom stereocenters. The van der Waals surface area contributed by atoms with Gasteiger partial charge in [0.2, 0.25) is 0 Å². The van der Waals surface area contributed by atoms with Gasteiger partial charge in [0.15, 0.2) is 11.0 Å². The molecule has 2 aromatic rings. The lowest BCUT2D eigenvalue weighted by Crippen LogP contribution is -2.12. The van der Waals surface area contributed by atoms with Crippen molar-refractivity contribution in [3.05, 3.63) is 24.0 Å². The van der Waals surface area contributed by atoms with Crippen LogP contribution in [-0.2, 0) is 11.3 Å². The highest BCUT2D eigenvalue weighted by Gasteiger charge is 2.41. The maximum absolute atomic E-state index is 13.9. The van der Waals surface area contributed by atoms with Gasteiger partial charge in [-0.25, -0.2) is 9.37 Å². The lowest BCUT2D eigenvalue weighted by molar-refractivity contribution is -0.133. The largest absolute Gasteiger partial charge is 0.481 e. The first-order chi connectivity index (χ1) is 10.0. The van der Waals surface area contributed by atoms with Crippen molar-refractivity contribution in [1.82, 2.24) is 9.55 Å². The van der Waals surface area contributed by atoms with E-state index in [1.54, 1.807) is 6.07 Å². The molecule has 0 saturated heterocycles. The van der Waals surface area contributed by atoms with E-state index < -0.39 is 5.97 Å².